The van der Waals surface area contributed by atoms with E-state index in [1.807, 2.05) is 0 Å². The highest BCUT2D eigenvalue weighted by Gasteiger charge is 2.35. The van der Waals surface area contributed by atoms with Gasteiger partial charge >= 0.3 is 5.97 Å². The van der Waals surface area contributed by atoms with E-state index in [1.165, 1.54) is 0 Å². The van der Waals surface area contributed by atoms with Crippen LogP contribution >= 0.6 is 0 Å². The van der Waals surface area contributed by atoms with Gasteiger partial charge in [0.05, 0.1) is 0 Å². The molecule has 1 aliphatic rings. The lowest BCUT2D eigenvalue weighted by molar-refractivity contribution is -0.198. The van der Waals surface area contributed by atoms with E-state index in [0.717, 1.165) is 0 Å². The van der Waals surface area contributed by atoms with Crippen molar-refractivity contribution in [2.45, 2.75) is 31.7 Å². The third kappa shape index (κ3) is 5.80. The first-order valence-corrected chi connectivity index (χ1v) is 8.37. The summed E-state index contributed by atoms with van der Waals surface area (Å²) in [4.78, 5) is 56.7. The molecule has 27 heavy (non-hydrogen) atoms. The van der Waals surface area contributed by atoms with E-state index < -0.39 is 29.7 Å². The molecule has 0 bridgehead atoms. The number of nitrogens with zero attached hydrogens (tertiary/aromatic N) is 2. The fraction of sp³-hybridized carbons (Fsp3) is 0.353. The van der Waals surface area contributed by atoms with Gasteiger partial charge in [0.1, 0.15) is 6.04 Å². The number of benzene rings is 1. The zero-order valence-electron chi connectivity index (χ0n) is 14.6. The molecule has 1 aromatic carbocycles. The lowest BCUT2D eigenvalue weighted by atomic mass is 10.1. The third-order valence-corrected chi connectivity index (χ3v) is 3.76. The van der Waals surface area contributed by atoms with Gasteiger partial charge in [0, 0.05) is 24.9 Å². The monoisotopic (exact) mass is 375 g/mol. The quantitative estimate of drug-likeness (QED) is 0.238. The van der Waals surface area contributed by atoms with Crippen LogP contribution in [0.3, 0.4) is 0 Å². The number of nitrogens with one attached hydrogen (secondary N) is 1. The third-order valence-electron chi connectivity index (χ3n) is 3.76. The number of nitrogens with two attached hydrogens (primary N) is 2. The summed E-state index contributed by atoms with van der Waals surface area (Å²) in [7, 11) is 0. The molecule has 3 amide bonds. The van der Waals surface area contributed by atoms with E-state index in [4.69, 9.17) is 16.3 Å². The van der Waals surface area contributed by atoms with Crippen molar-refractivity contribution in [3.05, 3.63) is 35.9 Å². The maximum atomic E-state index is 12.4. The van der Waals surface area contributed by atoms with E-state index in [2.05, 4.69) is 10.3 Å². The highest BCUT2D eigenvalue weighted by molar-refractivity contribution is 6.02. The Morgan fingerprint density at radius 3 is 2.37 bits per heavy atom. The van der Waals surface area contributed by atoms with Gasteiger partial charge in [-0.1, -0.05) is 18.2 Å². The molecular weight excluding hydrogens is 354 g/mol. The molecule has 144 valence electrons. The second-order valence-electron chi connectivity index (χ2n) is 5.83. The molecule has 0 aromatic heterocycles. The van der Waals surface area contributed by atoms with E-state index in [-0.39, 0.29) is 31.8 Å². The number of hydrogen-bond donors (Lipinski definition) is 3. The van der Waals surface area contributed by atoms with Gasteiger partial charge in [-0.3, -0.25) is 19.4 Å². The van der Waals surface area contributed by atoms with Crippen LogP contribution in [0.4, 0.5) is 0 Å². The van der Waals surface area contributed by atoms with Crippen LogP contribution in [0.1, 0.15) is 36.0 Å². The van der Waals surface area contributed by atoms with Crippen LogP contribution in [0.2, 0.25) is 0 Å². The van der Waals surface area contributed by atoms with Crippen molar-refractivity contribution in [3.8, 4) is 0 Å². The second-order valence-corrected chi connectivity index (χ2v) is 5.83. The Morgan fingerprint density at radius 1 is 1.15 bits per heavy atom. The molecule has 1 heterocycles. The van der Waals surface area contributed by atoms with Crippen molar-refractivity contribution >= 4 is 29.7 Å². The van der Waals surface area contributed by atoms with Crippen LogP contribution in [0, 0.1) is 0 Å². The molecule has 0 saturated carbocycles. The van der Waals surface area contributed by atoms with Crippen molar-refractivity contribution in [1.82, 2.24) is 10.4 Å². The van der Waals surface area contributed by atoms with Crippen molar-refractivity contribution in [3.63, 3.8) is 0 Å². The largest absolute Gasteiger partial charge is 0.370 e. The summed E-state index contributed by atoms with van der Waals surface area (Å²) in [6.45, 7) is 0.245. The molecular formula is C17H21N5O5. The van der Waals surface area contributed by atoms with Gasteiger partial charge in [0.15, 0.2) is 5.96 Å². The molecule has 1 fully saturated rings. The van der Waals surface area contributed by atoms with E-state index in [0.29, 0.717) is 17.0 Å². The average Bonchev–Trinajstić information content (AvgIpc) is 2.96. The maximum Gasteiger partial charge on any atom is 0.355 e. The Balaban J connectivity index is 2.04. The summed E-state index contributed by atoms with van der Waals surface area (Å²) in [5.41, 5.74) is 10.9. The van der Waals surface area contributed by atoms with Gasteiger partial charge in [-0.25, -0.2) is 4.79 Å². The van der Waals surface area contributed by atoms with Crippen LogP contribution in [-0.2, 0) is 19.2 Å². The number of carbonyl (C=O) groups excluding carboxylic acids is 4. The molecule has 5 N–H and O–H groups in total. The number of guanidine groups is 1. The summed E-state index contributed by atoms with van der Waals surface area (Å²) in [6.07, 6.45) is 0.494. The number of amides is 3. The lowest BCUT2D eigenvalue weighted by Crippen LogP contribution is -2.45. The van der Waals surface area contributed by atoms with E-state index >= 15 is 0 Å². The van der Waals surface area contributed by atoms with Gasteiger partial charge < -0.3 is 21.6 Å². The zero-order chi connectivity index (χ0) is 19.8. The molecule has 1 aromatic rings. The topological polar surface area (TPSA) is 157 Å². The number of aliphatic imine (C=N–C) groups is 1. The van der Waals surface area contributed by atoms with Gasteiger partial charge in [0.2, 0.25) is 0 Å². The number of rotatable bonds is 8. The highest BCUT2D eigenvalue weighted by Crippen LogP contribution is 2.14. The minimum atomic E-state index is -1.08. The molecule has 0 spiro atoms. The number of imide groups is 1. The van der Waals surface area contributed by atoms with Crippen LogP contribution in [0.25, 0.3) is 0 Å². The predicted octanol–water partition coefficient (Wildman–Crippen LogP) is -0.554. The Labute approximate surface area is 155 Å². The van der Waals surface area contributed by atoms with Crippen molar-refractivity contribution in [2.75, 3.05) is 6.54 Å². The summed E-state index contributed by atoms with van der Waals surface area (Å²) < 4.78 is 0. The van der Waals surface area contributed by atoms with Gasteiger partial charge in [-0.05, 0) is 25.0 Å². The summed E-state index contributed by atoms with van der Waals surface area (Å²) >= 11 is 0. The summed E-state index contributed by atoms with van der Waals surface area (Å²) in [5, 5.41) is 3.00. The Hall–Kier alpha value is -3.43. The molecule has 0 radical (unpaired) electrons. The van der Waals surface area contributed by atoms with Crippen molar-refractivity contribution < 1.29 is 24.0 Å². The molecule has 1 saturated heterocycles. The van der Waals surface area contributed by atoms with Gasteiger partial charge in [-0.2, -0.15) is 0 Å². The van der Waals surface area contributed by atoms with Gasteiger partial charge in [-0.15, -0.1) is 5.06 Å². The first kappa shape index (κ1) is 19.9. The zero-order valence-corrected chi connectivity index (χ0v) is 14.6. The maximum absolute atomic E-state index is 12.4. The molecule has 0 aliphatic carbocycles. The second kappa shape index (κ2) is 9.32. The molecule has 0 unspecified atom stereocenters. The highest BCUT2D eigenvalue weighted by atomic mass is 16.7. The molecule has 1 aliphatic heterocycles. The normalized spacial score (nSPS) is 14.6. The van der Waals surface area contributed by atoms with E-state index in [1.54, 1.807) is 30.3 Å². The Kier molecular flexibility index (Phi) is 6.86. The summed E-state index contributed by atoms with van der Waals surface area (Å²) in [5.74, 6) is -2.68. The minimum absolute atomic E-state index is 0.0162. The summed E-state index contributed by atoms with van der Waals surface area (Å²) in [6, 6.07) is 7.22. The van der Waals surface area contributed by atoms with E-state index in [9.17, 15) is 19.2 Å². The number of carbonyl (C=O) groups is 4. The average molecular weight is 375 g/mol. The van der Waals surface area contributed by atoms with Crippen molar-refractivity contribution in [1.29, 1.82) is 0 Å². The lowest BCUT2D eigenvalue weighted by Gasteiger charge is -2.20. The van der Waals surface area contributed by atoms with Gasteiger partial charge in [0.25, 0.3) is 17.7 Å². The predicted molar refractivity (Wildman–Crippen MR) is 94.8 cm³/mol. The Morgan fingerprint density at radius 2 is 1.78 bits per heavy atom. The smallest absolute Gasteiger partial charge is 0.355 e. The number of hydroxylamine groups is 2. The fourth-order valence-electron chi connectivity index (χ4n) is 2.40. The first-order valence-electron chi connectivity index (χ1n) is 8.37. The Bertz CT molecular complexity index is 729. The fourth-order valence-corrected chi connectivity index (χ4v) is 2.40. The van der Waals surface area contributed by atoms with Crippen LogP contribution in [0.15, 0.2) is 35.3 Å². The van der Waals surface area contributed by atoms with Crippen LogP contribution in [-0.4, -0.2) is 47.3 Å². The molecule has 2 rings (SSSR count). The van der Waals surface area contributed by atoms with Crippen LogP contribution in [0.5, 0.6) is 0 Å². The molecule has 10 heteroatoms. The van der Waals surface area contributed by atoms with Crippen LogP contribution < -0.4 is 16.8 Å². The molecule has 1 atom stereocenters. The standard InChI is InChI=1S/C17H21N5O5/c18-17(19)20-10-4-7-12(21-15(25)11-5-2-1-3-6-11)16(26)27-22-13(23)8-9-14(22)24/h1-3,5-6,12H,4,7-10H2,(H,21,25)(H4,18,19,20)/t12-/m0/s1. The molecule has 10 nitrogen and oxygen atoms in total. The first-order chi connectivity index (χ1) is 12.9. The van der Waals surface area contributed by atoms with Crippen molar-refractivity contribution in [2.24, 2.45) is 16.5 Å². The number of hydrogen-bond acceptors (Lipinski definition) is 6. The minimum Gasteiger partial charge on any atom is -0.370 e. The SMILES string of the molecule is NC(N)=NCCC[C@H](NC(=O)c1ccccc1)C(=O)ON1C(=O)CCC1=O.